The monoisotopic (exact) mass is 587 g/mol. The van der Waals surface area contributed by atoms with E-state index in [0.717, 1.165) is 38.3 Å². The number of imide groups is 1. The van der Waals surface area contributed by atoms with Crippen molar-refractivity contribution in [3.63, 3.8) is 0 Å². The Morgan fingerprint density at radius 1 is 1.14 bits per heavy atom. The van der Waals surface area contributed by atoms with Crippen molar-refractivity contribution in [3.8, 4) is 11.1 Å². The Hall–Kier alpha value is -4.45. The molecule has 42 heavy (non-hydrogen) atoms. The molecule has 2 aromatic carbocycles. The van der Waals surface area contributed by atoms with Gasteiger partial charge in [0.1, 0.15) is 18.9 Å². The third-order valence-corrected chi connectivity index (χ3v) is 9.21. The summed E-state index contributed by atoms with van der Waals surface area (Å²) >= 11 is 0. The quantitative estimate of drug-likeness (QED) is 0.308. The number of rotatable bonds is 8. The molecule has 2 N–H and O–H groups in total. The number of urea groups is 1. The summed E-state index contributed by atoms with van der Waals surface area (Å²) in [4.78, 5) is 52.6. The lowest BCUT2D eigenvalue weighted by molar-refractivity contribution is -0.134. The van der Waals surface area contributed by atoms with E-state index in [0.29, 0.717) is 45.2 Å². The third-order valence-electron chi connectivity index (χ3n) is 7.96. The molecule has 1 atom stereocenters. The van der Waals surface area contributed by atoms with Crippen LogP contribution in [-0.2, 0) is 45.5 Å². The van der Waals surface area contributed by atoms with Crippen LogP contribution in [0.5, 0.6) is 0 Å². The average molecular weight is 588 g/mol. The highest BCUT2D eigenvalue weighted by Gasteiger charge is 2.39. The predicted molar refractivity (Wildman–Crippen MR) is 156 cm³/mol. The smallest absolute Gasteiger partial charge is 0.325 e. The summed E-state index contributed by atoms with van der Waals surface area (Å²) in [5.41, 5.74) is 5.52. The molecule has 3 aromatic rings. The molecule has 1 aromatic heterocycles. The van der Waals surface area contributed by atoms with Gasteiger partial charge in [-0.1, -0.05) is 24.3 Å². The van der Waals surface area contributed by atoms with E-state index in [2.05, 4.69) is 28.0 Å². The van der Waals surface area contributed by atoms with E-state index in [1.807, 2.05) is 18.3 Å². The van der Waals surface area contributed by atoms with Crippen LogP contribution in [0.1, 0.15) is 35.1 Å². The average Bonchev–Trinajstić information content (AvgIpc) is 3.54. The molecule has 1 radical (unpaired) electrons. The molecule has 2 aliphatic rings. The van der Waals surface area contributed by atoms with Gasteiger partial charge < -0.3 is 15.5 Å². The van der Waals surface area contributed by atoms with Gasteiger partial charge in [-0.15, -0.1) is 6.17 Å². The molecule has 0 fully saturated rings. The topological polar surface area (TPSA) is 117 Å². The first-order chi connectivity index (χ1) is 20.2. The zero-order valence-electron chi connectivity index (χ0n) is 23.4. The zero-order valence-corrected chi connectivity index (χ0v) is 24.4. The minimum atomic E-state index is -0.760. The van der Waals surface area contributed by atoms with Crippen molar-refractivity contribution in [2.75, 3.05) is 20.1 Å². The lowest BCUT2D eigenvalue weighted by atomic mass is 10.0. The minimum Gasteiger partial charge on any atom is -0.358 e. The van der Waals surface area contributed by atoms with Gasteiger partial charge in [-0.3, -0.25) is 24.0 Å². The number of nitrogens with one attached hydrogen (secondary N) is 2. The molecule has 1 unspecified atom stereocenters. The van der Waals surface area contributed by atoms with Crippen LogP contribution in [-0.4, -0.2) is 79.3 Å². The first-order valence-electron chi connectivity index (χ1n) is 13.8. The van der Waals surface area contributed by atoms with Gasteiger partial charge in [0.25, 0.3) is 0 Å². The number of benzene rings is 2. The molecule has 1 aliphatic carbocycles. The molecule has 2 heterocycles. The Balaban J connectivity index is 1.27. The highest BCUT2D eigenvalue weighted by molar-refractivity contribution is 6.45. The lowest BCUT2D eigenvalue weighted by Crippen LogP contribution is -2.53. The fourth-order valence-corrected chi connectivity index (χ4v) is 6.56. The number of carbonyl (C=O) groups excluding carboxylic acids is 4. The van der Waals surface area contributed by atoms with Crippen LogP contribution >= 0.6 is 0 Å². The van der Waals surface area contributed by atoms with E-state index in [1.54, 1.807) is 28.9 Å². The second-order valence-corrected chi connectivity index (χ2v) is 11.8. The van der Waals surface area contributed by atoms with Crippen molar-refractivity contribution in [3.05, 3.63) is 76.9 Å². The maximum atomic E-state index is 13.7. The summed E-state index contributed by atoms with van der Waals surface area (Å²) in [6.45, 7) is 0.482. The molecule has 0 bridgehead atoms. The van der Waals surface area contributed by atoms with Crippen molar-refractivity contribution in [1.82, 2.24) is 30.2 Å². The van der Waals surface area contributed by atoms with Gasteiger partial charge >= 0.3 is 6.03 Å². The van der Waals surface area contributed by atoms with Crippen LogP contribution in [0.25, 0.3) is 11.1 Å². The molecule has 217 valence electrons. The van der Waals surface area contributed by atoms with Crippen molar-refractivity contribution in [2.24, 2.45) is 0 Å². The van der Waals surface area contributed by atoms with E-state index in [9.17, 15) is 23.6 Å². The van der Waals surface area contributed by atoms with Crippen LogP contribution in [0.15, 0.2) is 48.8 Å². The Morgan fingerprint density at radius 3 is 2.74 bits per heavy atom. The summed E-state index contributed by atoms with van der Waals surface area (Å²) in [6, 6.07) is 9.85. The maximum absolute atomic E-state index is 13.7. The summed E-state index contributed by atoms with van der Waals surface area (Å²) in [7, 11) is 1.64. The van der Waals surface area contributed by atoms with Crippen LogP contribution < -0.4 is 10.6 Å². The summed E-state index contributed by atoms with van der Waals surface area (Å²) in [5, 5.41) is 9.10. The standard InChI is InChI=1S/C30H32FN6O4Si/c1-32-27(39)17-37-16-24(14-33-37)21-6-8-26-22(12-21)9-10-30(26,42-2)34-29(41)36(19-38)18-28(40)35-11-3-4-20-13-25(31)7-5-23(20)15-35/h5-8,12-14,16,19H,2-4,9-11,15,17-18H2,1H3,(H,32,39)(H,34,41). The third kappa shape index (κ3) is 5.94. The summed E-state index contributed by atoms with van der Waals surface area (Å²) in [6.07, 6.45) is 10.6. The number of fused-ring (bicyclic) bond motifs is 2. The second-order valence-electron chi connectivity index (χ2n) is 10.5. The van der Waals surface area contributed by atoms with Gasteiger partial charge in [-0.2, -0.15) is 5.10 Å². The fourth-order valence-electron chi connectivity index (χ4n) is 5.63. The van der Waals surface area contributed by atoms with Gasteiger partial charge in [0, 0.05) is 31.9 Å². The fraction of sp³-hybridized carbons (Fsp3) is 0.333. The number of halogens is 1. The van der Waals surface area contributed by atoms with Crippen molar-refractivity contribution < 1.29 is 23.6 Å². The predicted octanol–water partition coefficient (Wildman–Crippen LogP) is 1.81. The Kier molecular flexibility index (Phi) is 8.43. The molecule has 5 amide bonds. The van der Waals surface area contributed by atoms with E-state index < -0.39 is 17.7 Å². The number of amides is 5. The highest BCUT2D eigenvalue weighted by atomic mass is 28.2. The van der Waals surface area contributed by atoms with E-state index in [4.69, 9.17) is 0 Å². The largest absolute Gasteiger partial charge is 0.358 e. The molecular formula is C30H32FN6O4Si. The van der Waals surface area contributed by atoms with Crippen LogP contribution in [0.3, 0.4) is 0 Å². The number of likely N-dealkylation sites (N-methyl/N-ethyl adjacent to an activating group) is 1. The Labute approximate surface area is 245 Å². The maximum Gasteiger partial charge on any atom is 0.325 e. The number of carbonyl (C=O) groups is 4. The molecular weight excluding hydrogens is 555 g/mol. The SMILES string of the molecule is C=[Si]C1(NC(=O)N(C=O)CC(=O)N2CCCc3cc(F)ccc3C2)CCc2cc(-c3cnn(CC(=O)NC)c3)ccc21. The molecule has 0 saturated heterocycles. The number of aryl methyl sites for hydroxylation is 2. The number of hydrogen-bond acceptors (Lipinski definition) is 5. The first kappa shape index (κ1) is 29.1. The number of hydrogen-bond donors (Lipinski definition) is 2. The van der Waals surface area contributed by atoms with Crippen LogP contribution in [0, 0.1) is 5.82 Å². The first-order valence-corrected chi connectivity index (χ1v) is 15.0. The molecule has 1 aliphatic heterocycles. The van der Waals surface area contributed by atoms with Crippen LogP contribution in [0.4, 0.5) is 9.18 Å². The molecule has 5 rings (SSSR count). The van der Waals surface area contributed by atoms with Gasteiger partial charge in [-0.05, 0) is 65.6 Å². The van der Waals surface area contributed by atoms with Gasteiger partial charge in [0.15, 0.2) is 0 Å². The minimum absolute atomic E-state index is 0.0667. The van der Waals surface area contributed by atoms with Gasteiger partial charge in [0.05, 0.1) is 20.5 Å². The van der Waals surface area contributed by atoms with Gasteiger partial charge in [0.2, 0.25) is 18.2 Å². The van der Waals surface area contributed by atoms with Crippen molar-refractivity contribution in [2.45, 2.75) is 43.9 Å². The van der Waals surface area contributed by atoms with Gasteiger partial charge in [-0.25, -0.2) is 9.18 Å². The molecule has 0 saturated carbocycles. The molecule has 0 spiro atoms. The zero-order chi connectivity index (χ0) is 29.9. The number of aromatic nitrogens is 2. The summed E-state index contributed by atoms with van der Waals surface area (Å²) in [5.74, 6) is -0.805. The second kappa shape index (κ2) is 12.2. The summed E-state index contributed by atoms with van der Waals surface area (Å²) < 4.78 is 15.2. The van der Waals surface area contributed by atoms with Crippen molar-refractivity contribution in [1.29, 1.82) is 0 Å². The van der Waals surface area contributed by atoms with Crippen LogP contribution in [0.2, 0.25) is 0 Å². The van der Waals surface area contributed by atoms with E-state index in [-0.39, 0.29) is 33.3 Å². The van der Waals surface area contributed by atoms with E-state index >= 15 is 0 Å². The molecule has 12 heteroatoms. The lowest BCUT2D eigenvalue weighted by Gasteiger charge is -2.31. The number of nitrogens with zero attached hydrogens (tertiary/aromatic N) is 4. The Bertz CT molecular complexity index is 1560. The Morgan fingerprint density at radius 2 is 1.98 bits per heavy atom. The molecule has 10 nitrogen and oxygen atoms in total. The highest BCUT2D eigenvalue weighted by Crippen LogP contribution is 2.37. The van der Waals surface area contributed by atoms with E-state index in [1.165, 1.54) is 12.1 Å². The normalized spacial score (nSPS) is 17.4. The van der Waals surface area contributed by atoms with Crippen molar-refractivity contribution >= 4 is 39.6 Å².